The molecule has 0 aromatic heterocycles. The van der Waals surface area contributed by atoms with E-state index in [0.717, 1.165) is 17.1 Å². The molecule has 1 fully saturated rings. The first-order valence-electron chi connectivity index (χ1n) is 5.84. The van der Waals surface area contributed by atoms with Gasteiger partial charge in [-0.15, -0.1) is 0 Å². The van der Waals surface area contributed by atoms with Gasteiger partial charge in [0, 0.05) is 5.25 Å². The summed E-state index contributed by atoms with van der Waals surface area (Å²) in [4.78, 5) is 0. The first-order valence-corrected chi connectivity index (χ1v) is 7.13. The fraction of sp³-hybridized carbons (Fsp3) is 1.00. The van der Waals surface area contributed by atoms with E-state index in [9.17, 15) is 0 Å². The van der Waals surface area contributed by atoms with Gasteiger partial charge in [0.05, 0.1) is 0 Å². The molecule has 13 heavy (non-hydrogen) atoms. The van der Waals surface area contributed by atoms with Crippen LogP contribution in [0, 0.1) is 11.8 Å². The van der Waals surface area contributed by atoms with Gasteiger partial charge in [0.2, 0.25) is 0 Å². The van der Waals surface area contributed by atoms with Gasteiger partial charge in [-0.1, -0.05) is 33.1 Å². The Morgan fingerprint density at radius 2 is 2.00 bits per heavy atom. The summed E-state index contributed by atoms with van der Waals surface area (Å²) in [6.07, 6.45) is 11.0. The van der Waals surface area contributed by atoms with Crippen LogP contribution in [0.5, 0.6) is 0 Å². The maximum atomic E-state index is 2.36. The normalized spacial score (nSPS) is 34.8. The summed E-state index contributed by atoms with van der Waals surface area (Å²) in [7, 11) is 0. The van der Waals surface area contributed by atoms with Gasteiger partial charge in [0.15, 0.2) is 0 Å². The molecule has 0 N–H and O–H groups in total. The molecule has 1 heteroatoms. The minimum atomic E-state index is 0.970. The Bertz CT molecular complexity index is 133. The third kappa shape index (κ3) is 3.19. The van der Waals surface area contributed by atoms with Gasteiger partial charge < -0.3 is 0 Å². The zero-order valence-corrected chi connectivity index (χ0v) is 10.2. The standard InChI is InChI=1S/C12H24S/c1-4-6-10-7-8-12(13-3)11(5-2)9-10/h10-12H,4-9H2,1-3H3. The van der Waals surface area contributed by atoms with Crippen molar-refractivity contribution < 1.29 is 0 Å². The van der Waals surface area contributed by atoms with Gasteiger partial charge in [-0.2, -0.15) is 11.8 Å². The molecule has 0 saturated heterocycles. The second kappa shape index (κ2) is 5.95. The highest BCUT2D eigenvalue weighted by Gasteiger charge is 2.27. The highest BCUT2D eigenvalue weighted by molar-refractivity contribution is 7.99. The Balaban J connectivity index is 2.38. The topological polar surface area (TPSA) is 0 Å². The van der Waals surface area contributed by atoms with E-state index >= 15 is 0 Å². The Hall–Kier alpha value is 0.350. The Morgan fingerprint density at radius 1 is 1.23 bits per heavy atom. The fourth-order valence-electron chi connectivity index (χ4n) is 2.74. The van der Waals surface area contributed by atoms with Gasteiger partial charge in [-0.05, 0) is 37.4 Å². The van der Waals surface area contributed by atoms with E-state index in [0.29, 0.717) is 0 Å². The van der Waals surface area contributed by atoms with Crippen molar-refractivity contribution in [1.29, 1.82) is 0 Å². The zero-order valence-electron chi connectivity index (χ0n) is 9.38. The molecule has 1 aliphatic rings. The van der Waals surface area contributed by atoms with Crippen LogP contribution in [0.2, 0.25) is 0 Å². The fourth-order valence-corrected chi connectivity index (χ4v) is 3.80. The average molecular weight is 200 g/mol. The van der Waals surface area contributed by atoms with Gasteiger partial charge in [0.1, 0.15) is 0 Å². The molecular weight excluding hydrogens is 176 g/mol. The summed E-state index contributed by atoms with van der Waals surface area (Å²) < 4.78 is 0. The SMILES string of the molecule is CCCC1CCC(SC)C(CC)C1. The van der Waals surface area contributed by atoms with E-state index in [4.69, 9.17) is 0 Å². The summed E-state index contributed by atoms with van der Waals surface area (Å²) in [5, 5.41) is 0.970. The molecule has 0 heterocycles. The minimum Gasteiger partial charge on any atom is -0.162 e. The van der Waals surface area contributed by atoms with Crippen molar-refractivity contribution in [3.63, 3.8) is 0 Å². The van der Waals surface area contributed by atoms with Crippen LogP contribution in [-0.2, 0) is 0 Å². The average Bonchev–Trinajstić information content (AvgIpc) is 2.18. The molecule has 0 bridgehead atoms. The molecule has 0 aromatic rings. The molecule has 0 amide bonds. The molecular formula is C12H24S. The molecule has 3 unspecified atom stereocenters. The van der Waals surface area contributed by atoms with Crippen LogP contribution in [0.25, 0.3) is 0 Å². The molecule has 1 aliphatic carbocycles. The Morgan fingerprint density at radius 3 is 2.54 bits per heavy atom. The van der Waals surface area contributed by atoms with Crippen molar-refractivity contribution in [2.45, 2.75) is 57.6 Å². The summed E-state index contributed by atoms with van der Waals surface area (Å²) >= 11 is 2.10. The molecule has 78 valence electrons. The lowest BCUT2D eigenvalue weighted by atomic mass is 9.78. The predicted octanol–water partition coefficient (Wildman–Crippen LogP) is 4.34. The number of thioether (sulfide) groups is 1. The molecule has 1 rings (SSSR count). The lowest BCUT2D eigenvalue weighted by molar-refractivity contribution is 0.256. The van der Waals surface area contributed by atoms with Gasteiger partial charge in [-0.3, -0.25) is 0 Å². The summed E-state index contributed by atoms with van der Waals surface area (Å²) in [5.41, 5.74) is 0. The van der Waals surface area contributed by atoms with Crippen molar-refractivity contribution in [1.82, 2.24) is 0 Å². The Kier molecular flexibility index (Phi) is 5.23. The highest BCUT2D eigenvalue weighted by Crippen LogP contribution is 2.38. The second-order valence-electron chi connectivity index (χ2n) is 4.41. The van der Waals surface area contributed by atoms with Crippen molar-refractivity contribution in [3.8, 4) is 0 Å². The summed E-state index contributed by atoms with van der Waals surface area (Å²) in [5.74, 6) is 2.07. The van der Waals surface area contributed by atoms with Crippen LogP contribution < -0.4 is 0 Å². The summed E-state index contributed by atoms with van der Waals surface area (Å²) in [6, 6.07) is 0. The van der Waals surface area contributed by atoms with Crippen LogP contribution >= 0.6 is 11.8 Å². The van der Waals surface area contributed by atoms with Crippen molar-refractivity contribution in [2.24, 2.45) is 11.8 Å². The van der Waals surface area contributed by atoms with Gasteiger partial charge >= 0.3 is 0 Å². The smallest absolute Gasteiger partial charge is 0.00726 e. The lowest BCUT2D eigenvalue weighted by Gasteiger charge is -2.34. The summed E-state index contributed by atoms with van der Waals surface area (Å²) in [6.45, 7) is 4.68. The number of hydrogen-bond acceptors (Lipinski definition) is 1. The quantitative estimate of drug-likeness (QED) is 0.650. The molecule has 1 saturated carbocycles. The second-order valence-corrected chi connectivity index (χ2v) is 5.49. The molecule has 0 aromatic carbocycles. The van der Waals surface area contributed by atoms with Crippen LogP contribution in [0.1, 0.15) is 52.4 Å². The van der Waals surface area contributed by atoms with E-state index in [1.54, 1.807) is 0 Å². The van der Waals surface area contributed by atoms with Crippen LogP contribution in [0.15, 0.2) is 0 Å². The minimum absolute atomic E-state index is 0.970. The molecule has 0 nitrogen and oxygen atoms in total. The molecule has 0 spiro atoms. The molecule has 3 atom stereocenters. The maximum absolute atomic E-state index is 2.36. The van der Waals surface area contributed by atoms with Crippen LogP contribution in [0.4, 0.5) is 0 Å². The predicted molar refractivity (Wildman–Crippen MR) is 63.3 cm³/mol. The van der Waals surface area contributed by atoms with E-state index in [-0.39, 0.29) is 0 Å². The zero-order chi connectivity index (χ0) is 9.68. The van der Waals surface area contributed by atoms with E-state index in [2.05, 4.69) is 31.9 Å². The third-order valence-corrected chi connectivity index (χ3v) is 4.77. The van der Waals surface area contributed by atoms with Crippen molar-refractivity contribution in [3.05, 3.63) is 0 Å². The van der Waals surface area contributed by atoms with E-state index in [1.807, 2.05) is 0 Å². The maximum Gasteiger partial charge on any atom is 0.00726 e. The number of rotatable bonds is 4. The van der Waals surface area contributed by atoms with Crippen molar-refractivity contribution >= 4 is 11.8 Å². The number of hydrogen-bond donors (Lipinski definition) is 0. The first kappa shape index (κ1) is 11.4. The van der Waals surface area contributed by atoms with Crippen LogP contribution in [-0.4, -0.2) is 11.5 Å². The first-order chi connectivity index (χ1) is 6.31. The molecule has 0 radical (unpaired) electrons. The van der Waals surface area contributed by atoms with Crippen LogP contribution in [0.3, 0.4) is 0 Å². The van der Waals surface area contributed by atoms with E-state index in [1.165, 1.54) is 38.5 Å². The monoisotopic (exact) mass is 200 g/mol. The molecule has 0 aliphatic heterocycles. The van der Waals surface area contributed by atoms with Crippen molar-refractivity contribution in [2.75, 3.05) is 6.26 Å². The van der Waals surface area contributed by atoms with Gasteiger partial charge in [-0.25, -0.2) is 0 Å². The largest absolute Gasteiger partial charge is 0.162 e. The highest BCUT2D eigenvalue weighted by atomic mass is 32.2. The lowest BCUT2D eigenvalue weighted by Crippen LogP contribution is -2.26. The Labute approximate surface area is 87.9 Å². The van der Waals surface area contributed by atoms with Gasteiger partial charge in [0.25, 0.3) is 0 Å². The van der Waals surface area contributed by atoms with E-state index < -0.39 is 0 Å². The third-order valence-electron chi connectivity index (χ3n) is 3.55.